The second-order valence-corrected chi connectivity index (χ2v) is 5.83. The molecule has 0 spiro atoms. The van der Waals surface area contributed by atoms with Gasteiger partial charge in [0, 0.05) is 16.9 Å². The van der Waals surface area contributed by atoms with Crippen molar-refractivity contribution < 1.29 is 14.0 Å². The fourth-order valence-corrected chi connectivity index (χ4v) is 2.39. The first-order valence-corrected chi connectivity index (χ1v) is 8.07. The van der Waals surface area contributed by atoms with Crippen molar-refractivity contribution in [3.8, 4) is 0 Å². The highest BCUT2D eigenvalue weighted by Crippen LogP contribution is 2.16. The van der Waals surface area contributed by atoms with Crippen LogP contribution in [0.4, 0.5) is 15.8 Å². The maximum atomic E-state index is 13.6. The summed E-state index contributed by atoms with van der Waals surface area (Å²) in [7, 11) is 0. The average Bonchev–Trinajstić information content (AvgIpc) is 2.64. The molecule has 0 aliphatic carbocycles. The lowest BCUT2D eigenvalue weighted by molar-refractivity contribution is 0.101. The number of hydrogen-bond donors (Lipinski definition) is 2. The molecule has 26 heavy (non-hydrogen) atoms. The standard InChI is InChI=1S/C21H17FN2O2/c1-14-6-8-15(9-7-14)20(25)23-16-10-12-17(13-11-16)24-21(26)18-4-2-3-5-19(18)22/h2-13H,1H3,(H,23,25)(H,24,26). The van der Waals surface area contributed by atoms with Crippen LogP contribution >= 0.6 is 0 Å². The van der Waals surface area contributed by atoms with Crippen LogP contribution in [0.5, 0.6) is 0 Å². The molecule has 2 N–H and O–H groups in total. The third-order valence-electron chi connectivity index (χ3n) is 3.83. The zero-order chi connectivity index (χ0) is 18.5. The average molecular weight is 348 g/mol. The number of hydrogen-bond acceptors (Lipinski definition) is 2. The molecule has 2 amide bonds. The summed E-state index contributed by atoms with van der Waals surface area (Å²) in [5.74, 6) is -1.32. The van der Waals surface area contributed by atoms with Gasteiger partial charge in [-0.2, -0.15) is 0 Å². The van der Waals surface area contributed by atoms with E-state index in [1.165, 1.54) is 18.2 Å². The lowest BCUT2D eigenvalue weighted by Gasteiger charge is -2.09. The van der Waals surface area contributed by atoms with E-state index in [-0.39, 0.29) is 11.5 Å². The highest BCUT2D eigenvalue weighted by atomic mass is 19.1. The number of aryl methyl sites for hydroxylation is 1. The van der Waals surface area contributed by atoms with Gasteiger partial charge < -0.3 is 10.6 Å². The van der Waals surface area contributed by atoms with Gasteiger partial charge in [-0.25, -0.2) is 4.39 Å². The minimum Gasteiger partial charge on any atom is -0.322 e. The minimum atomic E-state index is -0.577. The third kappa shape index (κ3) is 4.13. The molecule has 0 unspecified atom stereocenters. The summed E-state index contributed by atoms with van der Waals surface area (Å²) in [5.41, 5.74) is 2.72. The number of amides is 2. The van der Waals surface area contributed by atoms with E-state index >= 15 is 0 Å². The van der Waals surface area contributed by atoms with Gasteiger partial charge in [-0.3, -0.25) is 9.59 Å². The maximum absolute atomic E-state index is 13.6. The number of anilines is 2. The maximum Gasteiger partial charge on any atom is 0.258 e. The molecular weight excluding hydrogens is 331 g/mol. The van der Waals surface area contributed by atoms with Gasteiger partial charge in [0.1, 0.15) is 5.82 Å². The van der Waals surface area contributed by atoms with Gasteiger partial charge >= 0.3 is 0 Å². The van der Waals surface area contributed by atoms with Crippen LogP contribution < -0.4 is 10.6 Å². The van der Waals surface area contributed by atoms with E-state index in [1.54, 1.807) is 42.5 Å². The molecule has 3 rings (SSSR count). The number of nitrogens with one attached hydrogen (secondary N) is 2. The normalized spacial score (nSPS) is 10.2. The number of halogens is 1. The molecule has 3 aromatic rings. The lowest BCUT2D eigenvalue weighted by atomic mass is 10.1. The summed E-state index contributed by atoms with van der Waals surface area (Å²) in [4.78, 5) is 24.3. The predicted molar refractivity (Wildman–Crippen MR) is 99.9 cm³/mol. The van der Waals surface area contributed by atoms with E-state index in [9.17, 15) is 14.0 Å². The summed E-state index contributed by atoms with van der Waals surface area (Å²) >= 11 is 0. The summed E-state index contributed by atoms with van der Waals surface area (Å²) in [6.07, 6.45) is 0. The topological polar surface area (TPSA) is 58.2 Å². The molecular formula is C21H17FN2O2. The first kappa shape index (κ1) is 17.4. The molecule has 0 saturated heterocycles. The van der Waals surface area contributed by atoms with Gasteiger partial charge in [0.2, 0.25) is 0 Å². The number of rotatable bonds is 4. The summed E-state index contributed by atoms with van der Waals surface area (Å²) < 4.78 is 13.6. The van der Waals surface area contributed by atoms with Crippen molar-refractivity contribution >= 4 is 23.2 Å². The fourth-order valence-electron chi connectivity index (χ4n) is 2.39. The molecule has 0 aliphatic rings. The Kier molecular flexibility index (Phi) is 5.08. The summed E-state index contributed by atoms with van der Waals surface area (Å²) in [6, 6.07) is 19.7. The van der Waals surface area contributed by atoms with Crippen LogP contribution in [-0.2, 0) is 0 Å². The molecule has 0 atom stereocenters. The highest BCUT2D eigenvalue weighted by molar-refractivity contribution is 6.05. The molecule has 0 heterocycles. The van der Waals surface area contributed by atoms with Crippen molar-refractivity contribution in [2.24, 2.45) is 0 Å². The smallest absolute Gasteiger partial charge is 0.258 e. The molecule has 0 saturated carbocycles. The molecule has 0 aromatic heterocycles. The number of benzene rings is 3. The Hall–Kier alpha value is -3.47. The van der Waals surface area contributed by atoms with Crippen LogP contribution in [0, 0.1) is 12.7 Å². The van der Waals surface area contributed by atoms with Gasteiger partial charge in [-0.05, 0) is 55.5 Å². The second kappa shape index (κ2) is 7.61. The van der Waals surface area contributed by atoms with Gasteiger partial charge in [-0.15, -0.1) is 0 Å². The van der Waals surface area contributed by atoms with E-state index in [2.05, 4.69) is 10.6 Å². The Balaban J connectivity index is 1.65. The van der Waals surface area contributed by atoms with Gasteiger partial charge in [0.25, 0.3) is 11.8 Å². The minimum absolute atomic E-state index is 0.0238. The van der Waals surface area contributed by atoms with Gasteiger partial charge in [0.15, 0.2) is 0 Å². The van der Waals surface area contributed by atoms with Crippen molar-refractivity contribution in [1.29, 1.82) is 0 Å². The number of carbonyl (C=O) groups excluding carboxylic acids is 2. The van der Waals surface area contributed by atoms with Crippen molar-refractivity contribution in [3.63, 3.8) is 0 Å². The molecule has 0 radical (unpaired) electrons. The molecule has 3 aromatic carbocycles. The van der Waals surface area contributed by atoms with Crippen molar-refractivity contribution in [2.75, 3.05) is 10.6 Å². The quantitative estimate of drug-likeness (QED) is 0.722. The molecule has 0 fully saturated rings. The second-order valence-electron chi connectivity index (χ2n) is 5.83. The number of carbonyl (C=O) groups is 2. The van der Waals surface area contributed by atoms with E-state index in [1.807, 2.05) is 19.1 Å². The van der Waals surface area contributed by atoms with Crippen LogP contribution in [0.3, 0.4) is 0 Å². The van der Waals surface area contributed by atoms with Gasteiger partial charge in [-0.1, -0.05) is 29.8 Å². The highest BCUT2D eigenvalue weighted by Gasteiger charge is 2.11. The Morgan fingerprint density at radius 3 is 1.85 bits per heavy atom. The first-order valence-electron chi connectivity index (χ1n) is 8.07. The Morgan fingerprint density at radius 1 is 0.731 bits per heavy atom. The summed E-state index contributed by atoms with van der Waals surface area (Å²) in [5, 5.41) is 5.41. The monoisotopic (exact) mass is 348 g/mol. The molecule has 0 bridgehead atoms. The Labute approximate surface area is 150 Å². The van der Waals surface area contributed by atoms with Gasteiger partial charge in [0.05, 0.1) is 5.56 Å². The zero-order valence-corrected chi connectivity index (χ0v) is 14.1. The Bertz CT molecular complexity index is 935. The Morgan fingerprint density at radius 2 is 1.27 bits per heavy atom. The van der Waals surface area contributed by atoms with Crippen molar-refractivity contribution in [3.05, 3.63) is 95.3 Å². The van der Waals surface area contributed by atoms with Crippen LogP contribution in [0.15, 0.2) is 72.8 Å². The third-order valence-corrected chi connectivity index (χ3v) is 3.83. The molecule has 4 nitrogen and oxygen atoms in total. The fraction of sp³-hybridized carbons (Fsp3) is 0.0476. The van der Waals surface area contributed by atoms with Crippen molar-refractivity contribution in [2.45, 2.75) is 6.92 Å². The van der Waals surface area contributed by atoms with Crippen LogP contribution in [0.1, 0.15) is 26.3 Å². The van der Waals surface area contributed by atoms with E-state index in [0.29, 0.717) is 16.9 Å². The largest absolute Gasteiger partial charge is 0.322 e. The molecule has 130 valence electrons. The SMILES string of the molecule is Cc1ccc(C(=O)Nc2ccc(NC(=O)c3ccccc3F)cc2)cc1. The van der Waals surface area contributed by atoms with E-state index in [4.69, 9.17) is 0 Å². The van der Waals surface area contributed by atoms with E-state index < -0.39 is 11.7 Å². The van der Waals surface area contributed by atoms with Crippen LogP contribution in [0.25, 0.3) is 0 Å². The lowest BCUT2D eigenvalue weighted by Crippen LogP contribution is -2.14. The first-order chi connectivity index (χ1) is 12.5. The predicted octanol–water partition coefficient (Wildman–Crippen LogP) is 4.64. The summed E-state index contributed by atoms with van der Waals surface area (Å²) in [6.45, 7) is 1.95. The van der Waals surface area contributed by atoms with Crippen molar-refractivity contribution in [1.82, 2.24) is 0 Å². The molecule has 5 heteroatoms. The molecule has 0 aliphatic heterocycles. The van der Waals surface area contributed by atoms with E-state index in [0.717, 1.165) is 5.56 Å². The van der Waals surface area contributed by atoms with Crippen LogP contribution in [0.2, 0.25) is 0 Å². The zero-order valence-electron chi connectivity index (χ0n) is 14.1. The van der Waals surface area contributed by atoms with Crippen LogP contribution in [-0.4, -0.2) is 11.8 Å².